The average Bonchev–Trinajstić information content (AvgIpc) is 3.46. The van der Waals surface area contributed by atoms with Gasteiger partial charge in [-0.05, 0) is 62.9 Å². The second kappa shape index (κ2) is 9.73. The van der Waals surface area contributed by atoms with Gasteiger partial charge in [-0.3, -0.25) is 14.3 Å². The number of aryl methyl sites for hydroxylation is 1. The number of pyridine rings is 1. The number of rotatable bonds is 6. The molecule has 0 atom stereocenters. The van der Waals surface area contributed by atoms with Crippen LogP contribution < -0.4 is 15.8 Å². The SMILES string of the molecule is Cc1c(C(=O)N[C@H]2CC[C@H](Oc3nc4c(cnn4C)cc3C(N)=O)CC2)cnn1-c1ccc(C#N)cc1. The molecule has 1 saturated carbocycles. The van der Waals surface area contributed by atoms with E-state index in [1.807, 2.05) is 6.92 Å². The molecule has 5 rings (SSSR count). The van der Waals surface area contributed by atoms with Crippen LogP contribution in [0.15, 0.2) is 42.7 Å². The van der Waals surface area contributed by atoms with Gasteiger partial charge in [-0.2, -0.15) is 20.4 Å². The summed E-state index contributed by atoms with van der Waals surface area (Å²) in [4.78, 5) is 29.5. The van der Waals surface area contributed by atoms with Crippen LogP contribution in [0.3, 0.4) is 0 Å². The number of hydrogen-bond acceptors (Lipinski definition) is 7. The first-order valence-electron chi connectivity index (χ1n) is 12.0. The number of nitrogens with two attached hydrogens (primary N) is 1. The van der Waals surface area contributed by atoms with Crippen molar-refractivity contribution in [2.75, 3.05) is 0 Å². The molecule has 188 valence electrons. The normalized spacial score (nSPS) is 17.3. The van der Waals surface area contributed by atoms with Gasteiger partial charge < -0.3 is 15.8 Å². The van der Waals surface area contributed by atoms with Gasteiger partial charge in [0.05, 0.1) is 41.0 Å². The van der Waals surface area contributed by atoms with Crippen molar-refractivity contribution in [2.24, 2.45) is 12.8 Å². The molecule has 3 aromatic heterocycles. The standard InChI is InChI=1S/C26H26N8O3/c1-15-22(14-30-34(15)19-7-3-16(12-27)4-8-19)25(36)31-18-5-9-20(10-6-18)37-26-21(23(28)35)11-17-13-29-33(2)24(17)32-26/h3-4,7-8,11,13-14,18,20H,5-6,9-10H2,1-2H3,(H2,28,35)(H,31,36)/t18-,20-. The van der Waals surface area contributed by atoms with E-state index in [0.717, 1.165) is 24.2 Å². The van der Waals surface area contributed by atoms with Gasteiger partial charge in [0.2, 0.25) is 5.88 Å². The zero-order valence-electron chi connectivity index (χ0n) is 20.5. The number of nitrogens with one attached hydrogen (secondary N) is 1. The number of nitriles is 1. The maximum absolute atomic E-state index is 13.0. The number of carbonyl (C=O) groups is 2. The molecule has 1 fully saturated rings. The summed E-state index contributed by atoms with van der Waals surface area (Å²) in [5.74, 6) is -0.575. The van der Waals surface area contributed by atoms with Gasteiger partial charge in [0.1, 0.15) is 11.7 Å². The number of primary amides is 1. The lowest BCUT2D eigenvalue weighted by molar-refractivity contribution is 0.0881. The van der Waals surface area contributed by atoms with E-state index in [-0.39, 0.29) is 29.5 Å². The van der Waals surface area contributed by atoms with Crippen LogP contribution in [0.1, 0.15) is 57.7 Å². The number of aromatic nitrogens is 5. The van der Waals surface area contributed by atoms with Crippen LogP contribution in [-0.2, 0) is 7.05 Å². The molecule has 11 nitrogen and oxygen atoms in total. The summed E-state index contributed by atoms with van der Waals surface area (Å²) in [7, 11) is 1.77. The molecule has 1 aromatic carbocycles. The van der Waals surface area contributed by atoms with E-state index in [4.69, 9.17) is 15.7 Å². The third kappa shape index (κ3) is 4.73. The lowest BCUT2D eigenvalue weighted by Crippen LogP contribution is -2.40. The lowest BCUT2D eigenvalue weighted by atomic mass is 9.92. The van der Waals surface area contributed by atoms with E-state index in [1.165, 1.54) is 0 Å². The van der Waals surface area contributed by atoms with Gasteiger partial charge in [-0.25, -0.2) is 4.68 Å². The van der Waals surface area contributed by atoms with Crippen LogP contribution in [-0.4, -0.2) is 48.5 Å². The van der Waals surface area contributed by atoms with Crippen LogP contribution >= 0.6 is 0 Å². The summed E-state index contributed by atoms with van der Waals surface area (Å²) in [6.45, 7) is 1.84. The van der Waals surface area contributed by atoms with Crippen molar-refractivity contribution < 1.29 is 14.3 Å². The van der Waals surface area contributed by atoms with Gasteiger partial charge in [0.15, 0.2) is 5.65 Å². The molecule has 0 spiro atoms. The summed E-state index contributed by atoms with van der Waals surface area (Å²) in [5, 5.41) is 21.3. The van der Waals surface area contributed by atoms with E-state index in [2.05, 4.69) is 26.6 Å². The quantitative estimate of drug-likeness (QED) is 0.414. The van der Waals surface area contributed by atoms with Crippen molar-refractivity contribution in [2.45, 2.75) is 44.8 Å². The van der Waals surface area contributed by atoms with E-state index in [0.29, 0.717) is 35.0 Å². The van der Waals surface area contributed by atoms with E-state index in [1.54, 1.807) is 59.1 Å². The van der Waals surface area contributed by atoms with Crippen LogP contribution in [0.2, 0.25) is 0 Å². The average molecular weight is 499 g/mol. The highest BCUT2D eigenvalue weighted by atomic mass is 16.5. The Morgan fingerprint density at radius 3 is 2.51 bits per heavy atom. The highest BCUT2D eigenvalue weighted by molar-refractivity contribution is 5.98. The Bertz CT molecular complexity index is 1520. The first kappa shape index (κ1) is 24.0. The third-order valence-corrected chi connectivity index (χ3v) is 6.72. The molecule has 0 aliphatic heterocycles. The zero-order valence-corrected chi connectivity index (χ0v) is 20.5. The number of hydrogen-bond donors (Lipinski definition) is 2. The summed E-state index contributed by atoms with van der Waals surface area (Å²) < 4.78 is 9.41. The maximum Gasteiger partial charge on any atom is 0.254 e. The molecule has 0 bridgehead atoms. The van der Waals surface area contributed by atoms with Gasteiger partial charge in [-0.15, -0.1) is 0 Å². The number of nitrogens with zero attached hydrogens (tertiary/aromatic N) is 6. The molecule has 4 aromatic rings. The van der Waals surface area contributed by atoms with E-state index >= 15 is 0 Å². The molecular weight excluding hydrogens is 472 g/mol. The van der Waals surface area contributed by atoms with Crippen molar-refractivity contribution in [3.05, 3.63) is 65.1 Å². The number of fused-ring (bicyclic) bond motifs is 1. The Hall–Kier alpha value is -4.72. The third-order valence-electron chi connectivity index (χ3n) is 6.72. The van der Waals surface area contributed by atoms with Crippen LogP contribution in [0.4, 0.5) is 0 Å². The van der Waals surface area contributed by atoms with Crippen LogP contribution in [0.25, 0.3) is 16.7 Å². The fraction of sp³-hybridized carbons (Fsp3) is 0.308. The minimum atomic E-state index is -0.605. The zero-order chi connectivity index (χ0) is 26.1. The molecular formula is C26H26N8O3. The Balaban J connectivity index is 1.21. The van der Waals surface area contributed by atoms with Gasteiger partial charge in [0, 0.05) is 18.5 Å². The minimum absolute atomic E-state index is 0.00636. The van der Waals surface area contributed by atoms with Crippen LogP contribution in [0, 0.1) is 18.3 Å². The first-order valence-corrected chi connectivity index (χ1v) is 12.0. The predicted octanol–water partition coefficient (Wildman–Crippen LogP) is 2.55. The van der Waals surface area contributed by atoms with E-state index < -0.39 is 5.91 Å². The van der Waals surface area contributed by atoms with E-state index in [9.17, 15) is 9.59 Å². The number of amides is 2. The summed E-state index contributed by atoms with van der Waals surface area (Å²) in [6.07, 6.45) is 5.87. The molecule has 3 heterocycles. The second-order valence-corrected chi connectivity index (χ2v) is 9.17. The largest absolute Gasteiger partial charge is 0.474 e. The summed E-state index contributed by atoms with van der Waals surface area (Å²) >= 11 is 0. The topological polar surface area (TPSA) is 154 Å². The molecule has 1 aliphatic carbocycles. The highest BCUT2D eigenvalue weighted by Gasteiger charge is 2.27. The minimum Gasteiger partial charge on any atom is -0.474 e. The molecule has 3 N–H and O–H groups in total. The summed E-state index contributed by atoms with van der Waals surface area (Å²) in [5.41, 5.74) is 8.96. The molecule has 0 saturated heterocycles. The smallest absolute Gasteiger partial charge is 0.254 e. The fourth-order valence-corrected chi connectivity index (χ4v) is 4.64. The Labute approximate surface area is 212 Å². The Morgan fingerprint density at radius 1 is 1.11 bits per heavy atom. The second-order valence-electron chi connectivity index (χ2n) is 9.17. The molecule has 0 unspecified atom stereocenters. The number of carbonyl (C=O) groups excluding carboxylic acids is 2. The van der Waals surface area contributed by atoms with Gasteiger partial charge >= 0.3 is 0 Å². The predicted molar refractivity (Wildman–Crippen MR) is 134 cm³/mol. The molecule has 37 heavy (non-hydrogen) atoms. The monoisotopic (exact) mass is 498 g/mol. The highest BCUT2D eigenvalue weighted by Crippen LogP contribution is 2.28. The molecule has 1 aliphatic rings. The van der Waals surface area contributed by atoms with Crippen molar-refractivity contribution in [3.8, 4) is 17.6 Å². The van der Waals surface area contributed by atoms with Gasteiger partial charge in [-0.1, -0.05) is 0 Å². The Kier molecular flexibility index (Phi) is 6.31. The van der Waals surface area contributed by atoms with Crippen molar-refractivity contribution >= 4 is 22.8 Å². The number of ether oxygens (including phenoxy) is 1. The molecule has 0 radical (unpaired) electrons. The summed E-state index contributed by atoms with van der Waals surface area (Å²) in [6, 6.07) is 10.8. The Morgan fingerprint density at radius 2 is 1.84 bits per heavy atom. The van der Waals surface area contributed by atoms with Gasteiger partial charge in [0.25, 0.3) is 11.8 Å². The fourth-order valence-electron chi connectivity index (χ4n) is 4.64. The van der Waals surface area contributed by atoms with Crippen LogP contribution in [0.5, 0.6) is 5.88 Å². The molecule has 11 heteroatoms. The maximum atomic E-state index is 13.0. The van der Waals surface area contributed by atoms with Crippen molar-refractivity contribution in [1.29, 1.82) is 5.26 Å². The van der Waals surface area contributed by atoms with Crippen molar-refractivity contribution in [3.63, 3.8) is 0 Å². The van der Waals surface area contributed by atoms with Crippen molar-refractivity contribution in [1.82, 2.24) is 29.9 Å². The number of benzene rings is 1. The molecule has 2 amide bonds. The lowest BCUT2D eigenvalue weighted by Gasteiger charge is -2.29. The first-order chi connectivity index (χ1) is 17.8.